The molecule has 28 heteroatoms. The molecule has 0 radical (unpaired) electrons. The van der Waals surface area contributed by atoms with Gasteiger partial charge in [-0.2, -0.15) is 13.2 Å². The lowest BCUT2D eigenvalue weighted by atomic mass is 9.81. The van der Waals surface area contributed by atoms with Crippen molar-refractivity contribution in [3.05, 3.63) is 34.3 Å². The number of nitrogens with one attached hydrogen (secondary N) is 3. The predicted octanol–water partition coefficient (Wildman–Crippen LogP) is 5.40. The molecular formula is C72H106ClF3N12O12. The number of aryl methyl sites for hydroxylation is 1. The lowest BCUT2D eigenvalue weighted by Gasteiger charge is -2.43. The minimum atomic E-state index is -4.76. The molecule has 6 aliphatic rings. The summed E-state index contributed by atoms with van der Waals surface area (Å²) in [5.41, 5.74) is -2.35. The molecule has 0 aromatic heterocycles. The summed E-state index contributed by atoms with van der Waals surface area (Å²) in [6, 6.07) is -5.86. The van der Waals surface area contributed by atoms with Gasteiger partial charge in [-0.3, -0.25) is 57.5 Å². The van der Waals surface area contributed by atoms with Crippen molar-refractivity contribution < 1.29 is 70.7 Å². The summed E-state index contributed by atoms with van der Waals surface area (Å²) in [5, 5.41) is 7.98. The van der Waals surface area contributed by atoms with Crippen molar-refractivity contribution in [3.63, 3.8) is 0 Å². The molecular weight excluding hydrogens is 1320 g/mol. The van der Waals surface area contributed by atoms with Crippen LogP contribution in [0.15, 0.2) is 18.2 Å². The van der Waals surface area contributed by atoms with Crippen LogP contribution in [0.5, 0.6) is 0 Å². The van der Waals surface area contributed by atoms with E-state index in [1.165, 1.54) is 79.9 Å². The van der Waals surface area contributed by atoms with E-state index in [0.29, 0.717) is 63.6 Å². The first-order valence-corrected chi connectivity index (χ1v) is 36.3. The van der Waals surface area contributed by atoms with E-state index in [1.54, 1.807) is 4.90 Å². The van der Waals surface area contributed by atoms with Crippen LogP contribution in [0.1, 0.15) is 179 Å². The Morgan fingerprint density at radius 3 is 1.84 bits per heavy atom. The Balaban J connectivity index is 1.28. The van der Waals surface area contributed by atoms with E-state index in [4.69, 9.17) is 18.0 Å². The van der Waals surface area contributed by atoms with Gasteiger partial charge in [-0.05, 0) is 119 Å². The molecule has 7 rings (SSSR count). The van der Waals surface area contributed by atoms with E-state index in [2.05, 4.69) is 21.9 Å². The number of benzene rings is 1. The molecule has 1 aromatic rings. The van der Waals surface area contributed by atoms with E-state index in [0.717, 1.165) is 84.6 Å². The van der Waals surface area contributed by atoms with Crippen LogP contribution in [0.25, 0.3) is 0 Å². The molecule has 1 spiro atoms. The molecule has 7 atom stereocenters. The first-order valence-electron chi connectivity index (χ1n) is 35.9. The quantitative estimate of drug-likeness (QED) is 0.249. The second-order valence-electron chi connectivity index (χ2n) is 29.3. The van der Waals surface area contributed by atoms with Gasteiger partial charge in [-0.15, -0.1) is 12.3 Å². The summed E-state index contributed by atoms with van der Waals surface area (Å²) in [7, 11) is 9.81. The van der Waals surface area contributed by atoms with Crippen LogP contribution in [-0.4, -0.2) is 251 Å². The number of alkyl halides is 3. The first-order chi connectivity index (χ1) is 47.3. The van der Waals surface area contributed by atoms with Crippen LogP contribution in [0, 0.1) is 30.1 Å². The van der Waals surface area contributed by atoms with Crippen LogP contribution >= 0.6 is 11.6 Å². The summed E-state index contributed by atoms with van der Waals surface area (Å²) >= 11 is 6.16. The van der Waals surface area contributed by atoms with Crippen molar-refractivity contribution in [2.75, 3.05) is 88.6 Å². The number of halogens is 4. The molecule has 3 N–H and O–H groups in total. The second kappa shape index (κ2) is 35.9. The first kappa shape index (κ1) is 79.8. The molecule has 100 heavy (non-hydrogen) atoms. The summed E-state index contributed by atoms with van der Waals surface area (Å²) in [6.45, 7) is 2.66. The molecule has 24 nitrogen and oxygen atoms in total. The molecule has 12 amide bonds. The molecule has 554 valence electrons. The highest BCUT2D eigenvalue weighted by atomic mass is 35.5. The highest BCUT2D eigenvalue weighted by molar-refractivity contribution is 6.31. The van der Waals surface area contributed by atoms with Gasteiger partial charge in [0.1, 0.15) is 47.8 Å². The van der Waals surface area contributed by atoms with Gasteiger partial charge in [0.25, 0.3) is 0 Å². The maximum atomic E-state index is 15.8. The number of hydrogen-bond donors (Lipinski definition) is 3. The highest BCUT2D eigenvalue weighted by Crippen LogP contribution is 2.38. The molecule has 3 aliphatic carbocycles. The van der Waals surface area contributed by atoms with Gasteiger partial charge < -0.3 is 60.0 Å². The Bertz CT molecular complexity index is 3180. The normalized spacial score (nSPS) is 26.5. The van der Waals surface area contributed by atoms with Gasteiger partial charge in [0.2, 0.25) is 70.9 Å². The van der Waals surface area contributed by atoms with Gasteiger partial charge in [0.15, 0.2) is 0 Å². The topological polar surface area (TPSA) is 270 Å². The van der Waals surface area contributed by atoms with Crippen LogP contribution in [-0.2, 0) is 70.1 Å². The fourth-order valence-corrected chi connectivity index (χ4v) is 15.8. The number of hydrogen-bond acceptors (Lipinski definition) is 12. The number of terminal acetylenes is 1. The largest absolute Gasteiger partial charge is 0.417 e. The summed E-state index contributed by atoms with van der Waals surface area (Å²) in [5.74, 6) is -6.26. The van der Waals surface area contributed by atoms with Crippen LogP contribution in [0.3, 0.4) is 0 Å². The van der Waals surface area contributed by atoms with Crippen molar-refractivity contribution in [1.29, 1.82) is 0 Å². The zero-order valence-electron chi connectivity index (χ0n) is 59.9. The van der Waals surface area contributed by atoms with Crippen LogP contribution in [0.4, 0.5) is 13.2 Å². The van der Waals surface area contributed by atoms with Gasteiger partial charge in [-0.1, -0.05) is 95.7 Å². The SMILES string of the molecule is C#CC[C@@H]1NC(=O)[C@H](CC(C)C)N(C)C(=O)C[C@@H](C(=O)N2CCCCC2)N(C)C(=O)[C@H](C2CCCCC2)N(C)C(=O)C2(CCCC2)NC(=O)C2CCCN2C(=O)[C@H](CCc2ccc(C(F)(F)F)c(Cl)c2)NC(=O)CN(C)C(=O)[C@H](CC2CCCCC2)N(C)C(=O)CN(C)C(=O)CN(C)C1=O. The fourth-order valence-electron chi connectivity index (χ4n) is 15.5. The maximum Gasteiger partial charge on any atom is 0.417 e. The van der Waals surface area contributed by atoms with E-state index < -0.39 is 167 Å². The Labute approximate surface area is 592 Å². The Hall–Kier alpha value is -7.50. The van der Waals surface area contributed by atoms with Gasteiger partial charge >= 0.3 is 6.18 Å². The minimum absolute atomic E-state index is 0.00828. The third-order valence-corrected chi connectivity index (χ3v) is 21.8. The summed E-state index contributed by atoms with van der Waals surface area (Å²) in [4.78, 5) is 190. The minimum Gasteiger partial charge on any atom is -0.343 e. The summed E-state index contributed by atoms with van der Waals surface area (Å²) < 4.78 is 41.6. The number of amides is 12. The van der Waals surface area contributed by atoms with Crippen molar-refractivity contribution in [1.82, 2.24) is 60.0 Å². The number of nitrogens with zero attached hydrogens (tertiary/aromatic N) is 9. The highest BCUT2D eigenvalue weighted by Gasteiger charge is 2.51. The Kier molecular flexibility index (Phi) is 28.6. The van der Waals surface area contributed by atoms with E-state index in [9.17, 15) is 41.9 Å². The zero-order valence-corrected chi connectivity index (χ0v) is 60.7. The molecule has 1 unspecified atom stereocenters. The van der Waals surface area contributed by atoms with Gasteiger partial charge in [0, 0.05) is 75.4 Å². The maximum absolute atomic E-state index is 15.8. The molecule has 1 aromatic carbocycles. The Morgan fingerprint density at radius 1 is 0.630 bits per heavy atom. The van der Waals surface area contributed by atoms with Gasteiger partial charge in [-0.25, -0.2) is 0 Å². The number of likely N-dealkylation sites (N-methyl/N-ethyl adjacent to an activating group) is 7. The predicted molar refractivity (Wildman–Crippen MR) is 368 cm³/mol. The standard InChI is InChI=1S/C72H106ClF3N12O12/c1-11-24-52-65(95)82(6)44-60(91)80(4)45-61(92)84(8)56(41-47-25-15-12-16-26-47)67(97)81(5)43-58(89)77-53(33-31-48-30-32-50(51(73)40-48)72(74,75)76)66(96)88-38-23-29-54(88)64(94)79-71(34-19-20-35-71)70(100)86(10)62(49-27-17-13-18-28-49)69(99)85(9)57(68(98)87-36-21-14-22-37-87)42-59(90)83(7)55(39-46(2)3)63(93)78-52/h1,30,32,40,46-47,49,52-57,62H,12-29,31,33-39,41-45H2,2-10H3,(H,77,89)(H,78,93)(H,79,94)/t52-,53-,54?,55-,56-,57-,62-/m0/s1. The monoisotopic (exact) mass is 1420 g/mol. The average Bonchev–Trinajstić information content (AvgIpc) is 1.45. The van der Waals surface area contributed by atoms with Crippen molar-refractivity contribution in [2.24, 2.45) is 17.8 Å². The van der Waals surface area contributed by atoms with E-state index in [-0.39, 0.29) is 69.7 Å². The molecule has 3 saturated carbocycles. The second-order valence-corrected chi connectivity index (χ2v) is 29.7. The van der Waals surface area contributed by atoms with E-state index >= 15 is 28.8 Å². The third-order valence-electron chi connectivity index (χ3n) is 21.5. The number of carbonyl (C=O) groups excluding carboxylic acids is 12. The fraction of sp³-hybridized carbons (Fsp3) is 0.722. The zero-order chi connectivity index (χ0) is 73.5. The van der Waals surface area contributed by atoms with Crippen LogP contribution < -0.4 is 16.0 Å². The smallest absolute Gasteiger partial charge is 0.343 e. The molecule has 3 heterocycles. The lowest BCUT2D eigenvalue weighted by Crippen LogP contribution is -2.65. The van der Waals surface area contributed by atoms with Gasteiger partial charge in [0.05, 0.1) is 36.6 Å². The molecule has 3 saturated heterocycles. The van der Waals surface area contributed by atoms with Crippen LogP contribution in [0.2, 0.25) is 5.02 Å². The third kappa shape index (κ3) is 20.2. The van der Waals surface area contributed by atoms with Crippen molar-refractivity contribution in [2.45, 2.75) is 228 Å². The number of carbonyl (C=O) groups is 12. The van der Waals surface area contributed by atoms with E-state index in [1.807, 2.05) is 13.8 Å². The summed E-state index contributed by atoms with van der Waals surface area (Å²) in [6.07, 6.45) is 11.9. The number of likely N-dealkylation sites (tertiary alicyclic amines) is 1. The Morgan fingerprint density at radius 2 is 1.23 bits per heavy atom. The number of fused-ring (bicyclic) bond motifs is 1. The molecule has 6 fully saturated rings. The molecule has 3 aliphatic heterocycles. The average molecular weight is 1420 g/mol. The van der Waals surface area contributed by atoms with Crippen molar-refractivity contribution >= 4 is 82.5 Å². The lowest BCUT2D eigenvalue weighted by molar-refractivity contribution is -0.157. The molecule has 0 bridgehead atoms. The number of piperidine rings is 1. The number of rotatable bonds is 10. The van der Waals surface area contributed by atoms with Crippen molar-refractivity contribution in [3.8, 4) is 12.3 Å².